The molecule has 2 N–H and O–H groups in total. The van der Waals surface area contributed by atoms with Gasteiger partial charge in [-0.15, -0.1) is 0 Å². The van der Waals surface area contributed by atoms with Crippen LogP contribution in [0, 0.1) is 13.8 Å². The Morgan fingerprint density at radius 2 is 1.96 bits per heavy atom. The number of aryl methyl sites for hydroxylation is 1. The molecular weight excluding hydrogens is 408 g/mol. The average Bonchev–Trinajstić information content (AvgIpc) is 2.95. The summed E-state index contributed by atoms with van der Waals surface area (Å²) in [7, 11) is 0. The fraction of sp³-hybridized carbons (Fsp3) is 0.150. The minimum absolute atomic E-state index is 0.117. The third-order valence-corrected chi connectivity index (χ3v) is 4.59. The lowest BCUT2D eigenvalue weighted by Gasteiger charge is -2.10. The molecule has 0 aliphatic rings. The molecule has 0 spiro atoms. The number of aromatic nitrogens is 2. The molecule has 138 valence electrons. The van der Waals surface area contributed by atoms with Crippen LogP contribution in [0.1, 0.15) is 21.7 Å². The van der Waals surface area contributed by atoms with Crippen LogP contribution in [-0.2, 0) is 4.79 Å². The molecule has 0 saturated heterocycles. The molecule has 2 amide bonds. The van der Waals surface area contributed by atoms with E-state index in [0.717, 1.165) is 21.5 Å². The maximum absolute atomic E-state index is 12.6. The number of hydrogen-bond donors (Lipinski definition) is 2. The molecule has 0 aliphatic carbocycles. The van der Waals surface area contributed by atoms with Gasteiger partial charge >= 0.3 is 0 Å². The predicted molar refractivity (Wildman–Crippen MR) is 108 cm³/mol. The standard InChI is InChI=1S/C20H19BrN4O2/c1-13-9-18(14(2)25(13)17-7-3-5-15(21)10-17)20(27)23-12-19(26)24-16-6-4-8-22-11-16/h3-11H,12H2,1-2H3,(H,23,27)(H,24,26). The minimum Gasteiger partial charge on any atom is -0.343 e. The number of nitrogens with one attached hydrogen (secondary N) is 2. The minimum atomic E-state index is -0.308. The van der Waals surface area contributed by atoms with Crippen molar-refractivity contribution in [1.29, 1.82) is 0 Å². The van der Waals surface area contributed by atoms with Gasteiger partial charge in [-0.3, -0.25) is 14.6 Å². The molecule has 3 rings (SSSR count). The first kappa shape index (κ1) is 18.8. The van der Waals surface area contributed by atoms with E-state index in [-0.39, 0.29) is 18.4 Å². The molecule has 0 radical (unpaired) electrons. The van der Waals surface area contributed by atoms with Crippen molar-refractivity contribution in [1.82, 2.24) is 14.9 Å². The number of rotatable bonds is 5. The number of carbonyl (C=O) groups is 2. The van der Waals surface area contributed by atoms with Crippen molar-refractivity contribution in [2.45, 2.75) is 13.8 Å². The van der Waals surface area contributed by atoms with Crippen molar-refractivity contribution in [3.63, 3.8) is 0 Å². The topological polar surface area (TPSA) is 76.0 Å². The van der Waals surface area contributed by atoms with E-state index in [9.17, 15) is 9.59 Å². The van der Waals surface area contributed by atoms with Crippen molar-refractivity contribution in [3.05, 3.63) is 76.3 Å². The van der Waals surface area contributed by atoms with Gasteiger partial charge in [0, 0.05) is 27.7 Å². The lowest BCUT2D eigenvalue weighted by Crippen LogP contribution is -2.33. The van der Waals surface area contributed by atoms with E-state index in [1.54, 1.807) is 24.5 Å². The summed E-state index contributed by atoms with van der Waals surface area (Å²) in [5, 5.41) is 5.35. The Labute approximate surface area is 165 Å². The molecular formula is C20H19BrN4O2. The lowest BCUT2D eigenvalue weighted by atomic mass is 10.2. The highest BCUT2D eigenvalue weighted by atomic mass is 79.9. The van der Waals surface area contributed by atoms with Crippen molar-refractivity contribution in [2.24, 2.45) is 0 Å². The second-order valence-corrected chi connectivity index (χ2v) is 6.99. The molecule has 7 heteroatoms. The van der Waals surface area contributed by atoms with Gasteiger partial charge in [-0.25, -0.2) is 0 Å². The molecule has 6 nitrogen and oxygen atoms in total. The zero-order valence-corrected chi connectivity index (χ0v) is 16.6. The number of benzene rings is 1. The van der Waals surface area contributed by atoms with Crippen LogP contribution in [0.15, 0.2) is 59.3 Å². The summed E-state index contributed by atoms with van der Waals surface area (Å²) in [5.41, 5.74) is 3.85. The molecule has 2 aromatic heterocycles. The van der Waals surface area contributed by atoms with E-state index in [4.69, 9.17) is 0 Å². The Balaban J connectivity index is 1.70. The van der Waals surface area contributed by atoms with Gasteiger partial charge < -0.3 is 15.2 Å². The van der Waals surface area contributed by atoms with Gasteiger partial charge in [0.2, 0.25) is 5.91 Å². The van der Waals surface area contributed by atoms with Crippen LogP contribution in [0.5, 0.6) is 0 Å². The number of halogens is 1. The van der Waals surface area contributed by atoms with Gasteiger partial charge in [0.1, 0.15) is 0 Å². The number of hydrogen-bond acceptors (Lipinski definition) is 3. The van der Waals surface area contributed by atoms with Gasteiger partial charge in [-0.05, 0) is 50.2 Å². The first-order valence-electron chi connectivity index (χ1n) is 8.38. The second kappa shape index (κ2) is 8.18. The lowest BCUT2D eigenvalue weighted by molar-refractivity contribution is -0.115. The second-order valence-electron chi connectivity index (χ2n) is 6.07. The van der Waals surface area contributed by atoms with E-state index in [0.29, 0.717) is 11.3 Å². The Hall–Kier alpha value is -2.93. The summed E-state index contributed by atoms with van der Waals surface area (Å²) in [4.78, 5) is 28.5. The van der Waals surface area contributed by atoms with Crippen molar-refractivity contribution in [2.75, 3.05) is 11.9 Å². The number of anilines is 1. The predicted octanol–water partition coefficient (Wildman–Crippen LogP) is 3.62. The van der Waals surface area contributed by atoms with Crippen LogP contribution in [0.25, 0.3) is 5.69 Å². The molecule has 2 heterocycles. The Kier molecular flexibility index (Phi) is 5.71. The fourth-order valence-corrected chi connectivity index (χ4v) is 3.29. The summed E-state index contributed by atoms with van der Waals surface area (Å²) < 4.78 is 2.97. The largest absolute Gasteiger partial charge is 0.343 e. The molecule has 0 bridgehead atoms. The molecule has 27 heavy (non-hydrogen) atoms. The number of carbonyl (C=O) groups excluding carboxylic acids is 2. The van der Waals surface area contributed by atoms with E-state index in [1.807, 2.05) is 48.7 Å². The zero-order valence-electron chi connectivity index (χ0n) is 15.0. The molecule has 0 unspecified atom stereocenters. The highest BCUT2D eigenvalue weighted by molar-refractivity contribution is 9.10. The van der Waals surface area contributed by atoms with Gasteiger partial charge in [-0.1, -0.05) is 22.0 Å². The van der Waals surface area contributed by atoms with Crippen molar-refractivity contribution >= 4 is 33.4 Å². The summed E-state index contributed by atoms with van der Waals surface area (Å²) >= 11 is 3.47. The SMILES string of the molecule is Cc1cc(C(=O)NCC(=O)Nc2cccnc2)c(C)n1-c1cccc(Br)c1. The van der Waals surface area contributed by atoms with E-state index in [2.05, 4.69) is 31.5 Å². The number of amides is 2. The molecule has 0 aliphatic heterocycles. The maximum Gasteiger partial charge on any atom is 0.253 e. The highest BCUT2D eigenvalue weighted by Gasteiger charge is 2.17. The van der Waals surface area contributed by atoms with Crippen LogP contribution in [0.4, 0.5) is 5.69 Å². The summed E-state index contributed by atoms with van der Waals surface area (Å²) in [5.74, 6) is -0.595. The van der Waals surface area contributed by atoms with Crippen LogP contribution >= 0.6 is 15.9 Å². The van der Waals surface area contributed by atoms with Gasteiger partial charge in [0.15, 0.2) is 0 Å². The third-order valence-electron chi connectivity index (χ3n) is 4.10. The summed E-state index contributed by atoms with van der Waals surface area (Å²) in [6.45, 7) is 3.71. The monoisotopic (exact) mass is 426 g/mol. The smallest absolute Gasteiger partial charge is 0.253 e. The van der Waals surface area contributed by atoms with E-state index >= 15 is 0 Å². The van der Waals surface area contributed by atoms with Crippen LogP contribution in [0.2, 0.25) is 0 Å². The van der Waals surface area contributed by atoms with Crippen molar-refractivity contribution < 1.29 is 9.59 Å². The van der Waals surface area contributed by atoms with Crippen LogP contribution < -0.4 is 10.6 Å². The fourth-order valence-electron chi connectivity index (χ4n) is 2.90. The summed E-state index contributed by atoms with van der Waals surface area (Å²) in [6, 6.07) is 13.2. The van der Waals surface area contributed by atoms with E-state index in [1.165, 1.54) is 0 Å². The molecule has 0 fully saturated rings. The Morgan fingerprint density at radius 1 is 1.15 bits per heavy atom. The summed E-state index contributed by atoms with van der Waals surface area (Å²) in [6.07, 6.45) is 3.17. The van der Waals surface area contributed by atoms with Crippen molar-refractivity contribution in [3.8, 4) is 5.69 Å². The van der Waals surface area contributed by atoms with Gasteiger partial charge in [0.25, 0.3) is 5.91 Å². The first-order valence-corrected chi connectivity index (χ1v) is 9.18. The van der Waals surface area contributed by atoms with Crippen LogP contribution in [-0.4, -0.2) is 27.9 Å². The van der Waals surface area contributed by atoms with Crippen LogP contribution in [0.3, 0.4) is 0 Å². The zero-order chi connectivity index (χ0) is 19.4. The quantitative estimate of drug-likeness (QED) is 0.653. The molecule has 0 saturated carbocycles. The number of pyridine rings is 1. The average molecular weight is 427 g/mol. The normalized spacial score (nSPS) is 10.5. The Morgan fingerprint density at radius 3 is 2.67 bits per heavy atom. The molecule has 0 atom stereocenters. The van der Waals surface area contributed by atoms with Gasteiger partial charge in [-0.2, -0.15) is 0 Å². The third kappa shape index (κ3) is 4.43. The first-order chi connectivity index (χ1) is 13.0. The molecule has 1 aromatic carbocycles. The Bertz CT molecular complexity index is 983. The highest BCUT2D eigenvalue weighted by Crippen LogP contribution is 2.23. The van der Waals surface area contributed by atoms with Gasteiger partial charge in [0.05, 0.1) is 24.0 Å². The molecule has 3 aromatic rings. The maximum atomic E-state index is 12.6. The number of nitrogens with zero attached hydrogens (tertiary/aromatic N) is 2. The van der Waals surface area contributed by atoms with E-state index < -0.39 is 0 Å².